The molecule has 0 spiro atoms. The summed E-state index contributed by atoms with van der Waals surface area (Å²) in [5, 5.41) is -1.39. The molecule has 0 saturated carbocycles. The van der Waals surface area contributed by atoms with Crippen molar-refractivity contribution in [1.29, 1.82) is 0 Å². The summed E-state index contributed by atoms with van der Waals surface area (Å²) in [5.74, 6) is -4.39. The van der Waals surface area contributed by atoms with Gasteiger partial charge in [-0.1, -0.05) is 12.8 Å². The highest BCUT2D eigenvalue weighted by molar-refractivity contribution is 6.28. The molecular weight excluding hydrogens is 222 g/mol. The molecule has 1 atom stereocenters. The molecule has 4 heteroatoms. The molecule has 0 amide bonds. The van der Waals surface area contributed by atoms with E-state index in [1.54, 1.807) is 0 Å². The molecule has 0 aliphatic heterocycles. The maximum absolute atomic E-state index is 13.4. The smallest absolute Gasteiger partial charge is 0.288 e. The van der Waals surface area contributed by atoms with E-state index in [-0.39, 0.29) is 0 Å². The van der Waals surface area contributed by atoms with E-state index in [4.69, 9.17) is 11.6 Å². The number of carbonyl (C=O) groups is 1. The SMILES string of the molecule is O=C1C2=C(CCCCCC2)C(Cl)C1(F)F. The summed E-state index contributed by atoms with van der Waals surface area (Å²) in [7, 11) is 0. The first-order chi connectivity index (χ1) is 7.05. The van der Waals surface area contributed by atoms with Crippen LogP contribution >= 0.6 is 11.6 Å². The number of ketones is 1. The zero-order valence-corrected chi connectivity index (χ0v) is 9.12. The Labute approximate surface area is 92.5 Å². The second kappa shape index (κ2) is 3.85. The fourth-order valence-corrected chi connectivity index (χ4v) is 2.70. The van der Waals surface area contributed by atoms with E-state index >= 15 is 0 Å². The molecule has 0 fully saturated rings. The summed E-state index contributed by atoms with van der Waals surface area (Å²) >= 11 is 5.67. The third-order valence-corrected chi connectivity index (χ3v) is 3.75. The Kier molecular flexibility index (Phi) is 2.84. The zero-order chi connectivity index (χ0) is 11.1. The van der Waals surface area contributed by atoms with Crippen molar-refractivity contribution in [1.82, 2.24) is 0 Å². The minimum absolute atomic E-state index is 0.319. The number of allylic oxidation sites excluding steroid dienone is 2. The van der Waals surface area contributed by atoms with Crippen molar-refractivity contribution >= 4 is 17.4 Å². The highest BCUT2D eigenvalue weighted by Crippen LogP contribution is 2.44. The van der Waals surface area contributed by atoms with Crippen LogP contribution in [-0.2, 0) is 4.79 Å². The van der Waals surface area contributed by atoms with Crippen LogP contribution in [0.25, 0.3) is 0 Å². The molecule has 0 heterocycles. The molecule has 2 aliphatic rings. The summed E-state index contributed by atoms with van der Waals surface area (Å²) in [6, 6.07) is 0. The predicted octanol–water partition coefficient (Wildman–Crippen LogP) is 3.46. The molecular formula is C11H13ClF2O. The van der Waals surface area contributed by atoms with E-state index in [0.29, 0.717) is 24.0 Å². The van der Waals surface area contributed by atoms with Gasteiger partial charge in [0.2, 0.25) is 5.78 Å². The first kappa shape index (κ1) is 11.1. The topological polar surface area (TPSA) is 17.1 Å². The number of hydrogen-bond donors (Lipinski definition) is 0. The molecule has 84 valence electrons. The fourth-order valence-electron chi connectivity index (χ4n) is 2.36. The molecule has 0 bridgehead atoms. The molecule has 2 aliphatic carbocycles. The van der Waals surface area contributed by atoms with Crippen LogP contribution in [0, 0.1) is 0 Å². The molecule has 0 radical (unpaired) electrons. The van der Waals surface area contributed by atoms with Crippen LogP contribution in [0.3, 0.4) is 0 Å². The van der Waals surface area contributed by atoms with Gasteiger partial charge in [0.25, 0.3) is 0 Å². The van der Waals surface area contributed by atoms with Crippen LogP contribution in [0.4, 0.5) is 8.78 Å². The number of hydrogen-bond acceptors (Lipinski definition) is 1. The molecule has 0 saturated heterocycles. The average Bonchev–Trinajstić information content (AvgIpc) is 2.28. The number of Topliss-reactive ketones (excluding diaryl/α,β-unsaturated/α-hetero) is 1. The van der Waals surface area contributed by atoms with Crippen LogP contribution in [-0.4, -0.2) is 17.1 Å². The van der Waals surface area contributed by atoms with Gasteiger partial charge in [-0.2, -0.15) is 8.78 Å². The summed E-state index contributed by atoms with van der Waals surface area (Å²) in [6.45, 7) is 0. The van der Waals surface area contributed by atoms with Gasteiger partial charge in [-0.05, 0) is 31.3 Å². The van der Waals surface area contributed by atoms with Gasteiger partial charge in [-0.15, -0.1) is 11.6 Å². The van der Waals surface area contributed by atoms with Gasteiger partial charge in [-0.3, -0.25) is 4.79 Å². The van der Waals surface area contributed by atoms with Crippen molar-refractivity contribution in [3.8, 4) is 0 Å². The second-order valence-electron chi connectivity index (χ2n) is 4.23. The van der Waals surface area contributed by atoms with Gasteiger partial charge in [0.15, 0.2) is 0 Å². The summed E-state index contributed by atoms with van der Waals surface area (Å²) < 4.78 is 26.8. The number of rotatable bonds is 0. The van der Waals surface area contributed by atoms with Crippen LogP contribution in [0.15, 0.2) is 11.1 Å². The van der Waals surface area contributed by atoms with Gasteiger partial charge in [0.05, 0.1) is 0 Å². The Hall–Kier alpha value is -0.440. The Bertz CT molecular complexity index is 323. The monoisotopic (exact) mass is 234 g/mol. The third-order valence-electron chi connectivity index (χ3n) is 3.21. The molecule has 0 N–H and O–H groups in total. The minimum Gasteiger partial charge on any atom is -0.288 e. The lowest BCUT2D eigenvalue weighted by atomic mass is 9.95. The Morgan fingerprint density at radius 3 is 2.40 bits per heavy atom. The predicted molar refractivity (Wildman–Crippen MR) is 54.3 cm³/mol. The van der Waals surface area contributed by atoms with Gasteiger partial charge in [-0.25, -0.2) is 0 Å². The van der Waals surface area contributed by atoms with Gasteiger partial charge in [0.1, 0.15) is 5.38 Å². The molecule has 0 aromatic carbocycles. The number of halogens is 3. The van der Waals surface area contributed by atoms with E-state index < -0.39 is 17.1 Å². The van der Waals surface area contributed by atoms with Crippen molar-refractivity contribution < 1.29 is 13.6 Å². The third kappa shape index (κ3) is 1.71. The first-order valence-electron chi connectivity index (χ1n) is 5.33. The van der Waals surface area contributed by atoms with Crippen molar-refractivity contribution in [3.63, 3.8) is 0 Å². The maximum Gasteiger partial charge on any atom is 0.329 e. The lowest BCUT2D eigenvalue weighted by Gasteiger charge is -2.14. The largest absolute Gasteiger partial charge is 0.329 e. The standard InChI is InChI=1S/C11H13ClF2O/c12-9-7-5-3-1-2-4-6-8(7)10(15)11(9,13)14/h9H,1-6H2. The second-order valence-corrected chi connectivity index (χ2v) is 4.67. The Morgan fingerprint density at radius 2 is 1.73 bits per heavy atom. The van der Waals surface area contributed by atoms with Crippen molar-refractivity contribution in [2.75, 3.05) is 0 Å². The summed E-state index contributed by atoms with van der Waals surface area (Å²) in [4.78, 5) is 11.4. The van der Waals surface area contributed by atoms with Crippen LogP contribution in [0.5, 0.6) is 0 Å². The lowest BCUT2D eigenvalue weighted by Crippen LogP contribution is -2.33. The van der Waals surface area contributed by atoms with Gasteiger partial charge in [0, 0.05) is 5.57 Å². The first-order valence-corrected chi connectivity index (χ1v) is 5.77. The van der Waals surface area contributed by atoms with Crippen LogP contribution in [0.1, 0.15) is 38.5 Å². The fraction of sp³-hybridized carbons (Fsp3) is 0.727. The van der Waals surface area contributed by atoms with E-state index in [0.717, 1.165) is 25.7 Å². The summed E-state index contributed by atoms with van der Waals surface area (Å²) in [5.41, 5.74) is 0.825. The molecule has 1 unspecified atom stereocenters. The zero-order valence-electron chi connectivity index (χ0n) is 8.36. The van der Waals surface area contributed by atoms with Gasteiger partial charge >= 0.3 is 5.92 Å². The molecule has 0 aromatic heterocycles. The Balaban J connectivity index is 2.33. The van der Waals surface area contributed by atoms with Crippen LogP contribution < -0.4 is 0 Å². The number of alkyl halides is 3. The van der Waals surface area contributed by atoms with Crippen molar-refractivity contribution in [3.05, 3.63) is 11.1 Å². The maximum atomic E-state index is 13.4. The summed E-state index contributed by atoms with van der Waals surface area (Å²) in [6.07, 6.45) is 4.79. The van der Waals surface area contributed by atoms with E-state index in [2.05, 4.69) is 0 Å². The van der Waals surface area contributed by atoms with E-state index in [9.17, 15) is 13.6 Å². The average molecular weight is 235 g/mol. The normalized spacial score (nSPS) is 31.1. The van der Waals surface area contributed by atoms with Crippen molar-refractivity contribution in [2.24, 2.45) is 0 Å². The minimum atomic E-state index is -3.36. The quantitative estimate of drug-likeness (QED) is 0.587. The van der Waals surface area contributed by atoms with Gasteiger partial charge < -0.3 is 0 Å². The van der Waals surface area contributed by atoms with E-state index in [1.807, 2.05) is 0 Å². The number of carbonyl (C=O) groups excluding carboxylic acids is 1. The molecule has 15 heavy (non-hydrogen) atoms. The highest BCUT2D eigenvalue weighted by atomic mass is 35.5. The molecule has 1 nitrogen and oxygen atoms in total. The van der Waals surface area contributed by atoms with Crippen molar-refractivity contribution in [2.45, 2.75) is 49.8 Å². The van der Waals surface area contributed by atoms with E-state index in [1.165, 1.54) is 0 Å². The molecule has 2 rings (SSSR count). The van der Waals surface area contributed by atoms with Crippen LogP contribution in [0.2, 0.25) is 0 Å². The Morgan fingerprint density at radius 1 is 1.13 bits per heavy atom. The molecule has 0 aromatic rings. The lowest BCUT2D eigenvalue weighted by molar-refractivity contribution is -0.136. The highest BCUT2D eigenvalue weighted by Gasteiger charge is 2.55.